The second kappa shape index (κ2) is 8.53. The van der Waals surface area contributed by atoms with E-state index in [-0.39, 0.29) is 0 Å². The molecule has 0 aliphatic rings. The Bertz CT molecular complexity index is 373. The maximum absolute atomic E-state index is 11.2. The zero-order valence-electron chi connectivity index (χ0n) is 11.7. The Labute approximate surface area is 114 Å². The third-order valence-corrected chi connectivity index (χ3v) is 2.73. The second-order valence-corrected chi connectivity index (χ2v) is 4.63. The summed E-state index contributed by atoms with van der Waals surface area (Å²) in [4.78, 5) is 11.2. The molecule has 4 heteroatoms. The van der Waals surface area contributed by atoms with Crippen molar-refractivity contribution in [2.75, 3.05) is 0 Å². The highest BCUT2D eigenvalue weighted by molar-refractivity contribution is 5.63. The van der Waals surface area contributed by atoms with Gasteiger partial charge in [0.15, 0.2) is 6.23 Å². The van der Waals surface area contributed by atoms with Crippen molar-refractivity contribution in [2.24, 2.45) is 5.73 Å². The summed E-state index contributed by atoms with van der Waals surface area (Å²) in [7, 11) is 0. The lowest BCUT2D eigenvalue weighted by atomic mass is 10.1. The van der Waals surface area contributed by atoms with E-state index in [0.717, 1.165) is 6.42 Å². The van der Waals surface area contributed by atoms with Crippen LogP contribution in [0.5, 0.6) is 5.75 Å². The molecule has 0 spiro atoms. The average molecular weight is 265 g/mol. The number of benzene rings is 1. The van der Waals surface area contributed by atoms with Gasteiger partial charge in [-0.1, -0.05) is 38.3 Å². The highest BCUT2D eigenvalue weighted by Gasteiger charge is 2.08. The van der Waals surface area contributed by atoms with E-state index in [1.807, 2.05) is 12.1 Å². The lowest BCUT2D eigenvalue weighted by Crippen LogP contribution is -2.25. The molecule has 106 valence electrons. The molecule has 2 N–H and O–H groups in total. The first kappa shape index (κ1) is 15.5. The molecule has 19 heavy (non-hydrogen) atoms. The monoisotopic (exact) mass is 265 g/mol. The number of ether oxygens (including phenoxy) is 2. The molecule has 0 saturated heterocycles. The van der Waals surface area contributed by atoms with Gasteiger partial charge in [-0.2, -0.15) is 0 Å². The van der Waals surface area contributed by atoms with E-state index < -0.39 is 12.4 Å². The normalized spacial score (nSPS) is 11.9. The standard InChI is InChI=1S/C15H23NO3/c1-3-4-5-6-7-13-8-10-14(11-9-13)19-15(17)18-12(2)16/h8-12H,3-7,16H2,1-2H3. The van der Waals surface area contributed by atoms with E-state index in [0.29, 0.717) is 5.75 Å². The number of unbranched alkanes of at least 4 members (excludes halogenated alkanes) is 3. The summed E-state index contributed by atoms with van der Waals surface area (Å²) in [6, 6.07) is 7.50. The molecule has 1 unspecified atom stereocenters. The smallest absolute Gasteiger partial charge is 0.415 e. The number of aryl methyl sites for hydroxylation is 1. The summed E-state index contributed by atoms with van der Waals surface area (Å²) in [5.41, 5.74) is 6.58. The molecule has 1 aromatic carbocycles. The molecule has 0 amide bonds. The number of nitrogens with two attached hydrogens (primary N) is 1. The Morgan fingerprint density at radius 3 is 2.47 bits per heavy atom. The van der Waals surface area contributed by atoms with Gasteiger partial charge in [0.1, 0.15) is 5.75 Å². The van der Waals surface area contributed by atoms with E-state index in [1.165, 1.54) is 31.2 Å². The molecule has 0 aliphatic carbocycles. The molecule has 4 nitrogen and oxygen atoms in total. The van der Waals surface area contributed by atoms with Crippen LogP contribution in [0.25, 0.3) is 0 Å². The average Bonchev–Trinajstić information content (AvgIpc) is 2.35. The molecule has 0 aliphatic heterocycles. The SMILES string of the molecule is CCCCCCc1ccc(OC(=O)OC(C)N)cc1. The van der Waals surface area contributed by atoms with E-state index >= 15 is 0 Å². The van der Waals surface area contributed by atoms with Gasteiger partial charge in [0.25, 0.3) is 0 Å². The fourth-order valence-electron chi connectivity index (χ4n) is 1.75. The predicted octanol–water partition coefficient (Wildman–Crippen LogP) is 3.63. The van der Waals surface area contributed by atoms with E-state index in [9.17, 15) is 4.79 Å². The largest absolute Gasteiger partial charge is 0.515 e. The molecular formula is C15H23NO3. The van der Waals surface area contributed by atoms with Crippen LogP contribution < -0.4 is 10.5 Å². The molecule has 0 radical (unpaired) electrons. The van der Waals surface area contributed by atoms with Crippen LogP contribution in [0.15, 0.2) is 24.3 Å². The topological polar surface area (TPSA) is 61.5 Å². The lowest BCUT2D eigenvalue weighted by Gasteiger charge is -2.08. The minimum absolute atomic E-state index is 0.475. The molecule has 0 bridgehead atoms. The van der Waals surface area contributed by atoms with Crippen LogP contribution in [-0.4, -0.2) is 12.4 Å². The van der Waals surface area contributed by atoms with Crippen LogP contribution in [0.2, 0.25) is 0 Å². The molecule has 1 rings (SSSR count). The number of hydrogen-bond acceptors (Lipinski definition) is 4. The zero-order valence-corrected chi connectivity index (χ0v) is 11.7. The van der Waals surface area contributed by atoms with E-state index in [2.05, 4.69) is 6.92 Å². The van der Waals surface area contributed by atoms with Crippen molar-refractivity contribution < 1.29 is 14.3 Å². The first-order valence-corrected chi connectivity index (χ1v) is 6.84. The van der Waals surface area contributed by atoms with Crippen LogP contribution in [0.3, 0.4) is 0 Å². The van der Waals surface area contributed by atoms with E-state index in [4.69, 9.17) is 15.2 Å². The highest BCUT2D eigenvalue weighted by Crippen LogP contribution is 2.15. The quantitative estimate of drug-likeness (QED) is 0.354. The fourth-order valence-corrected chi connectivity index (χ4v) is 1.75. The van der Waals surface area contributed by atoms with Crippen molar-refractivity contribution in [2.45, 2.75) is 52.2 Å². The molecule has 1 atom stereocenters. The minimum Gasteiger partial charge on any atom is -0.415 e. The van der Waals surface area contributed by atoms with Gasteiger partial charge in [-0.3, -0.25) is 5.73 Å². The van der Waals surface area contributed by atoms with Crippen molar-refractivity contribution in [1.29, 1.82) is 0 Å². The maximum Gasteiger partial charge on any atom is 0.515 e. The number of carbonyl (C=O) groups excluding carboxylic acids is 1. The molecule has 0 aromatic heterocycles. The third-order valence-electron chi connectivity index (χ3n) is 2.73. The Morgan fingerprint density at radius 2 is 1.89 bits per heavy atom. The van der Waals surface area contributed by atoms with Crippen LogP contribution in [0.4, 0.5) is 4.79 Å². The van der Waals surface area contributed by atoms with Gasteiger partial charge in [-0.15, -0.1) is 0 Å². The van der Waals surface area contributed by atoms with E-state index in [1.54, 1.807) is 19.1 Å². The van der Waals surface area contributed by atoms with Crippen molar-refractivity contribution in [3.8, 4) is 5.75 Å². The third kappa shape index (κ3) is 6.82. The minimum atomic E-state index is -0.773. The first-order valence-electron chi connectivity index (χ1n) is 6.84. The Kier molecular flexibility index (Phi) is 6.97. The summed E-state index contributed by atoms with van der Waals surface area (Å²) in [5.74, 6) is 0.475. The number of carbonyl (C=O) groups is 1. The van der Waals surface area contributed by atoms with Crippen LogP contribution in [0, 0.1) is 0 Å². The number of hydrogen-bond donors (Lipinski definition) is 1. The highest BCUT2D eigenvalue weighted by atomic mass is 16.7. The van der Waals surface area contributed by atoms with Gasteiger partial charge in [-0.25, -0.2) is 4.79 Å². The van der Waals surface area contributed by atoms with Crippen LogP contribution >= 0.6 is 0 Å². The lowest BCUT2D eigenvalue weighted by molar-refractivity contribution is 0.0684. The Balaban J connectivity index is 2.36. The summed E-state index contributed by atoms with van der Waals surface area (Å²) in [6.07, 6.45) is 4.61. The van der Waals surface area contributed by atoms with Crippen molar-refractivity contribution >= 4 is 6.16 Å². The van der Waals surface area contributed by atoms with Gasteiger partial charge < -0.3 is 9.47 Å². The van der Waals surface area contributed by atoms with Gasteiger partial charge in [0.2, 0.25) is 0 Å². The summed E-state index contributed by atoms with van der Waals surface area (Å²) in [5, 5.41) is 0. The summed E-state index contributed by atoms with van der Waals surface area (Å²) < 4.78 is 9.67. The van der Waals surface area contributed by atoms with Gasteiger partial charge in [0.05, 0.1) is 0 Å². The molecule has 0 heterocycles. The summed E-state index contributed by atoms with van der Waals surface area (Å²) >= 11 is 0. The second-order valence-electron chi connectivity index (χ2n) is 4.63. The fraction of sp³-hybridized carbons (Fsp3) is 0.533. The van der Waals surface area contributed by atoms with Gasteiger partial charge in [-0.05, 0) is 37.5 Å². The predicted molar refractivity (Wildman–Crippen MR) is 75.0 cm³/mol. The van der Waals surface area contributed by atoms with Crippen molar-refractivity contribution in [3.05, 3.63) is 29.8 Å². The molecule has 1 aromatic rings. The summed E-state index contributed by atoms with van der Waals surface area (Å²) in [6.45, 7) is 3.77. The van der Waals surface area contributed by atoms with Gasteiger partial charge in [0, 0.05) is 0 Å². The first-order chi connectivity index (χ1) is 9.11. The van der Waals surface area contributed by atoms with Gasteiger partial charge >= 0.3 is 6.16 Å². The number of rotatable bonds is 7. The van der Waals surface area contributed by atoms with Crippen LogP contribution in [0.1, 0.15) is 45.1 Å². The maximum atomic E-state index is 11.2. The molecule has 0 saturated carbocycles. The molecular weight excluding hydrogens is 242 g/mol. The Hall–Kier alpha value is -1.55. The zero-order chi connectivity index (χ0) is 14.1. The van der Waals surface area contributed by atoms with Crippen molar-refractivity contribution in [1.82, 2.24) is 0 Å². The Morgan fingerprint density at radius 1 is 1.21 bits per heavy atom. The van der Waals surface area contributed by atoms with Crippen molar-refractivity contribution in [3.63, 3.8) is 0 Å². The van der Waals surface area contributed by atoms with Crippen LogP contribution in [-0.2, 0) is 11.2 Å². The molecule has 0 fully saturated rings.